The van der Waals surface area contributed by atoms with Crippen LogP contribution in [0.3, 0.4) is 0 Å². The highest BCUT2D eigenvalue weighted by atomic mass is 16.5. The van der Waals surface area contributed by atoms with Crippen LogP contribution in [0, 0.1) is 22.7 Å². The monoisotopic (exact) mass is 760 g/mol. The van der Waals surface area contributed by atoms with E-state index in [9.17, 15) is 10.5 Å². The van der Waals surface area contributed by atoms with E-state index in [1.54, 1.807) is 52.7 Å². The van der Waals surface area contributed by atoms with Crippen LogP contribution >= 0.6 is 0 Å². The molecule has 0 saturated carbocycles. The van der Waals surface area contributed by atoms with Crippen LogP contribution in [0.15, 0.2) is 166 Å². The fourth-order valence-electron chi connectivity index (χ4n) is 7.41. The van der Waals surface area contributed by atoms with Gasteiger partial charge in [0.1, 0.15) is 23.0 Å². The smallest absolute Gasteiger partial charge is 0.227 e. The van der Waals surface area contributed by atoms with E-state index in [0.717, 1.165) is 22.3 Å². The summed E-state index contributed by atoms with van der Waals surface area (Å²) in [5.74, 6) is 2.68. The van der Waals surface area contributed by atoms with Crippen molar-refractivity contribution in [3.8, 4) is 35.1 Å². The molecule has 0 aliphatic carbocycles. The average Bonchev–Trinajstić information content (AvgIpc) is 3.92. The number of rotatable bonds is 11. The molecule has 282 valence electrons. The molecule has 0 radical (unpaired) electrons. The van der Waals surface area contributed by atoms with Crippen molar-refractivity contribution in [2.45, 2.75) is 11.3 Å². The Hall–Kier alpha value is -7.82. The van der Waals surface area contributed by atoms with E-state index in [2.05, 4.69) is 12.1 Å². The molecule has 0 atom stereocenters. The third-order valence-corrected chi connectivity index (χ3v) is 10.3. The second-order valence-corrected chi connectivity index (χ2v) is 13.4. The molecule has 6 aromatic carbocycles. The Labute approximate surface area is 336 Å². The van der Waals surface area contributed by atoms with E-state index in [1.807, 2.05) is 121 Å². The van der Waals surface area contributed by atoms with Gasteiger partial charge in [-0.2, -0.15) is 10.5 Å². The van der Waals surface area contributed by atoms with Gasteiger partial charge in [0.25, 0.3) is 0 Å². The average molecular weight is 761 g/mol. The van der Waals surface area contributed by atoms with E-state index in [1.165, 1.54) is 0 Å². The van der Waals surface area contributed by atoms with Crippen molar-refractivity contribution in [2.75, 3.05) is 28.4 Å². The summed E-state index contributed by atoms with van der Waals surface area (Å²) in [4.78, 5) is 22.7. The van der Waals surface area contributed by atoms with Gasteiger partial charge in [-0.15, -0.1) is 0 Å². The molecule has 2 aliphatic heterocycles. The van der Waals surface area contributed by atoms with Crippen LogP contribution in [0.1, 0.15) is 44.5 Å². The first-order valence-corrected chi connectivity index (χ1v) is 18.4. The van der Waals surface area contributed by atoms with Gasteiger partial charge in [-0.3, -0.25) is 0 Å². The van der Waals surface area contributed by atoms with Crippen LogP contribution < -0.4 is 18.9 Å². The molecule has 0 aromatic heterocycles. The van der Waals surface area contributed by atoms with Gasteiger partial charge >= 0.3 is 0 Å². The highest BCUT2D eigenvalue weighted by Gasteiger charge is 2.62. The lowest BCUT2D eigenvalue weighted by atomic mass is 9.79. The molecule has 10 nitrogen and oxygen atoms in total. The molecule has 0 amide bonds. The summed E-state index contributed by atoms with van der Waals surface area (Å²) in [6, 6.07) is 49.6. The standard InChI is InChI=1S/C48H36N6O4/c1-55-37-21-13-31(14-22-37)43-44(32-15-23-38(56-2)24-16-32)52-47(51-43,41-11-7-5-9-35(41)29-49)48(42-12-8-6-10-36(42)30-50)53-45(33-17-25-39(57-3)26-18-33)46(54-48)34-19-27-40(58-4)28-20-34/h5-28H,1-4H3. The molecule has 0 fully saturated rings. The molecule has 0 N–H and O–H groups in total. The minimum absolute atomic E-state index is 0.322. The first-order valence-electron chi connectivity index (χ1n) is 18.4. The minimum Gasteiger partial charge on any atom is -0.497 e. The number of ether oxygens (including phenoxy) is 4. The number of hydrogen-bond acceptors (Lipinski definition) is 10. The van der Waals surface area contributed by atoms with Crippen molar-refractivity contribution in [1.29, 1.82) is 10.5 Å². The van der Waals surface area contributed by atoms with Gasteiger partial charge in [0.15, 0.2) is 0 Å². The van der Waals surface area contributed by atoms with Crippen LogP contribution in [-0.2, 0) is 11.3 Å². The first kappa shape index (κ1) is 37.1. The number of nitrogens with zero attached hydrogens (tertiary/aromatic N) is 6. The normalized spacial score (nSPS) is 14.9. The summed E-state index contributed by atoms with van der Waals surface area (Å²) >= 11 is 0. The van der Waals surface area contributed by atoms with E-state index < -0.39 is 11.3 Å². The van der Waals surface area contributed by atoms with Crippen molar-refractivity contribution in [2.24, 2.45) is 20.0 Å². The number of hydrogen-bond donors (Lipinski definition) is 0. The van der Waals surface area contributed by atoms with Gasteiger partial charge in [0.05, 0.1) is 74.6 Å². The largest absolute Gasteiger partial charge is 0.497 e. The van der Waals surface area contributed by atoms with Crippen LogP contribution in [0.25, 0.3) is 0 Å². The Morgan fingerprint density at radius 1 is 0.362 bits per heavy atom. The van der Waals surface area contributed by atoms with E-state index in [0.29, 0.717) is 68.1 Å². The lowest BCUT2D eigenvalue weighted by molar-refractivity contribution is 0.256. The van der Waals surface area contributed by atoms with Crippen molar-refractivity contribution in [3.05, 3.63) is 190 Å². The van der Waals surface area contributed by atoms with Crippen LogP contribution in [0.2, 0.25) is 0 Å². The molecule has 58 heavy (non-hydrogen) atoms. The maximum absolute atomic E-state index is 10.8. The molecule has 6 aromatic rings. The van der Waals surface area contributed by atoms with Crippen molar-refractivity contribution >= 4 is 22.8 Å². The van der Waals surface area contributed by atoms with Crippen LogP contribution in [0.5, 0.6) is 23.0 Å². The van der Waals surface area contributed by atoms with E-state index >= 15 is 0 Å². The van der Waals surface area contributed by atoms with Gasteiger partial charge in [0.2, 0.25) is 11.3 Å². The Bertz CT molecular complexity index is 2400. The molecule has 2 aliphatic rings. The molecule has 0 saturated heterocycles. The molecule has 8 rings (SSSR count). The van der Waals surface area contributed by atoms with Crippen LogP contribution in [0.4, 0.5) is 0 Å². The Kier molecular flexibility index (Phi) is 9.84. The number of nitriles is 2. The van der Waals surface area contributed by atoms with Gasteiger partial charge in [-0.1, -0.05) is 36.4 Å². The van der Waals surface area contributed by atoms with E-state index in [4.69, 9.17) is 38.9 Å². The second-order valence-electron chi connectivity index (χ2n) is 13.4. The van der Waals surface area contributed by atoms with Crippen molar-refractivity contribution in [1.82, 2.24) is 0 Å². The summed E-state index contributed by atoms with van der Waals surface area (Å²) in [7, 11) is 6.46. The Morgan fingerprint density at radius 3 is 0.828 bits per heavy atom. The van der Waals surface area contributed by atoms with Gasteiger partial charge in [-0.05, 0) is 109 Å². The zero-order chi connectivity index (χ0) is 40.3. The predicted molar refractivity (Wildman–Crippen MR) is 224 cm³/mol. The highest BCUT2D eigenvalue weighted by Crippen LogP contribution is 2.56. The number of benzene rings is 6. The van der Waals surface area contributed by atoms with Gasteiger partial charge in [0, 0.05) is 33.4 Å². The summed E-state index contributed by atoms with van der Waals surface area (Å²) in [6.07, 6.45) is 0. The second kappa shape index (κ2) is 15.4. The van der Waals surface area contributed by atoms with Crippen molar-refractivity contribution < 1.29 is 18.9 Å². The van der Waals surface area contributed by atoms with Crippen LogP contribution in [-0.4, -0.2) is 51.3 Å². The molecular weight excluding hydrogens is 725 g/mol. The maximum Gasteiger partial charge on any atom is 0.227 e. The first-order chi connectivity index (χ1) is 28.4. The fraction of sp³-hybridized carbons (Fsp3) is 0.125. The Morgan fingerprint density at radius 2 is 0.603 bits per heavy atom. The number of methoxy groups -OCH3 is 4. The summed E-state index contributed by atoms with van der Waals surface area (Å²) in [5.41, 5.74) is 3.07. The zero-order valence-corrected chi connectivity index (χ0v) is 32.2. The fourth-order valence-corrected chi connectivity index (χ4v) is 7.41. The van der Waals surface area contributed by atoms with Gasteiger partial charge < -0.3 is 18.9 Å². The Balaban J connectivity index is 1.55. The third kappa shape index (κ3) is 6.23. The summed E-state index contributed by atoms with van der Waals surface area (Å²) in [6.45, 7) is 0. The molecule has 0 unspecified atom stereocenters. The lowest BCUT2D eigenvalue weighted by Gasteiger charge is -2.39. The molecule has 2 heterocycles. The predicted octanol–water partition coefficient (Wildman–Crippen LogP) is 8.45. The maximum atomic E-state index is 10.8. The topological polar surface area (TPSA) is 134 Å². The number of aliphatic imine (C=N–C) groups is 4. The van der Waals surface area contributed by atoms with E-state index in [-0.39, 0.29) is 0 Å². The summed E-state index contributed by atoms with van der Waals surface area (Å²) < 4.78 is 22.1. The zero-order valence-electron chi connectivity index (χ0n) is 32.2. The minimum atomic E-state index is -1.79. The highest BCUT2D eigenvalue weighted by molar-refractivity contribution is 6.56. The summed E-state index contributed by atoms with van der Waals surface area (Å²) in [5, 5.41) is 21.6. The van der Waals surface area contributed by atoms with Crippen molar-refractivity contribution in [3.63, 3.8) is 0 Å². The van der Waals surface area contributed by atoms with Gasteiger partial charge in [-0.25, -0.2) is 20.0 Å². The third-order valence-electron chi connectivity index (χ3n) is 10.3. The molecule has 10 heteroatoms. The molecule has 0 spiro atoms. The molecule has 0 bridgehead atoms. The lowest BCUT2D eigenvalue weighted by Crippen LogP contribution is -2.44. The molecular formula is C48H36N6O4. The quantitative estimate of drug-likeness (QED) is 0.130. The SMILES string of the molecule is COc1ccc(C2=NC(c3ccccc3C#N)(C3(c4ccccc4C#N)N=C(c4ccc(OC)cc4)C(c4ccc(OC)cc4)=N3)N=C2c2ccc(OC)cc2)cc1.